The van der Waals surface area contributed by atoms with Gasteiger partial charge in [-0.25, -0.2) is 4.79 Å². The van der Waals surface area contributed by atoms with Crippen molar-refractivity contribution in [1.29, 1.82) is 0 Å². The molecule has 0 saturated heterocycles. The van der Waals surface area contributed by atoms with Crippen LogP contribution in [-0.4, -0.2) is 5.97 Å². The van der Waals surface area contributed by atoms with Gasteiger partial charge in [-0.05, 0) is 35.4 Å². The lowest BCUT2D eigenvalue weighted by atomic mass is 10.0. The first-order valence-corrected chi connectivity index (χ1v) is 5.48. The fourth-order valence-electron chi connectivity index (χ4n) is 1.65. The number of esters is 1. The summed E-state index contributed by atoms with van der Waals surface area (Å²) < 4.78 is 4.74. The minimum atomic E-state index is -0.415. The van der Waals surface area contributed by atoms with Gasteiger partial charge in [0.25, 0.3) is 0 Å². The highest BCUT2D eigenvalue weighted by Gasteiger charge is 2.07. The zero-order valence-electron chi connectivity index (χ0n) is 9.80. The second-order valence-electron chi connectivity index (χ2n) is 3.77. The van der Waals surface area contributed by atoms with Crippen LogP contribution in [0.1, 0.15) is 10.4 Å². The molecule has 2 rings (SSSR count). The van der Waals surface area contributed by atoms with Crippen LogP contribution in [0.15, 0.2) is 61.4 Å². The van der Waals surface area contributed by atoms with Gasteiger partial charge in [-0.1, -0.05) is 30.8 Å². The number of ether oxygens (including phenoxy) is 1. The quantitative estimate of drug-likeness (QED) is 0.508. The molecule has 2 N–H and O–H groups in total. The van der Waals surface area contributed by atoms with Crippen LogP contribution < -0.4 is 5.73 Å². The van der Waals surface area contributed by atoms with Crippen molar-refractivity contribution in [2.75, 3.05) is 5.73 Å². The molecule has 2 aromatic rings. The number of rotatable bonds is 3. The number of carbonyl (C=O) groups excluding carboxylic acids is 1. The van der Waals surface area contributed by atoms with E-state index in [1.807, 2.05) is 36.4 Å². The van der Waals surface area contributed by atoms with Gasteiger partial charge in [-0.2, -0.15) is 0 Å². The molecule has 3 heteroatoms. The first kappa shape index (κ1) is 11.9. The highest BCUT2D eigenvalue weighted by atomic mass is 16.5. The van der Waals surface area contributed by atoms with E-state index in [0.29, 0.717) is 11.3 Å². The molecule has 0 aromatic heterocycles. The number of carbonyl (C=O) groups is 1. The zero-order chi connectivity index (χ0) is 13.0. The molecule has 90 valence electrons. The second-order valence-corrected chi connectivity index (χ2v) is 3.77. The predicted octanol–water partition coefficient (Wildman–Crippen LogP) is 3.24. The van der Waals surface area contributed by atoms with Gasteiger partial charge in [0.1, 0.15) is 0 Å². The topological polar surface area (TPSA) is 52.3 Å². The van der Waals surface area contributed by atoms with E-state index in [1.165, 1.54) is 0 Å². The first-order valence-electron chi connectivity index (χ1n) is 5.48. The summed E-state index contributed by atoms with van der Waals surface area (Å²) in [5, 5.41) is 0. The number of nitrogen functional groups attached to an aromatic ring is 1. The normalized spacial score (nSPS) is 9.78. The number of anilines is 1. The van der Waals surface area contributed by atoms with E-state index in [2.05, 4.69) is 6.58 Å². The largest absolute Gasteiger partial charge is 0.432 e. The van der Waals surface area contributed by atoms with Crippen molar-refractivity contribution in [3.63, 3.8) is 0 Å². The minimum absolute atomic E-state index is 0.415. The summed E-state index contributed by atoms with van der Waals surface area (Å²) in [5.41, 5.74) is 8.77. The smallest absolute Gasteiger partial charge is 0.342 e. The van der Waals surface area contributed by atoms with Gasteiger partial charge in [0, 0.05) is 5.69 Å². The second kappa shape index (κ2) is 5.19. The molecule has 0 saturated carbocycles. The van der Waals surface area contributed by atoms with Crippen molar-refractivity contribution in [3.05, 3.63) is 66.9 Å². The third kappa shape index (κ3) is 2.58. The van der Waals surface area contributed by atoms with Crippen LogP contribution in [0.2, 0.25) is 0 Å². The Morgan fingerprint density at radius 3 is 2.50 bits per heavy atom. The number of benzene rings is 2. The molecule has 0 amide bonds. The number of nitrogens with two attached hydrogens (primary N) is 1. The van der Waals surface area contributed by atoms with Crippen LogP contribution in [0.4, 0.5) is 5.69 Å². The van der Waals surface area contributed by atoms with E-state index in [1.54, 1.807) is 12.1 Å². The van der Waals surface area contributed by atoms with Crippen LogP contribution in [0.5, 0.6) is 0 Å². The van der Waals surface area contributed by atoms with E-state index >= 15 is 0 Å². The summed E-state index contributed by atoms with van der Waals surface area (Å²) in [6, 6.07) is 14.7. The average molecular weight is 239 g/mol. The summed E-state index contributed by atoms with van der Waals surface area (Å²) in [6.07, 6.45) is 1.12. The third-order valence-corrected chi connectivity index (χ3v) is 2.53. The van der Waals surface area contributed by atoms with Gasteiger partial charge in [-0.3, -0.25) is 0 Å². The standard InChI is InChI=1S/C15H13NO2/c1-2-18-15(17)13-5-3-4-12(10-13)11-6-8-14(16)9-7-11/h2-10H,1,16H2. The van der Waals surface area contributed by atoms with Crippen molar-refractivity contribution < 1.29 is 9.53 Å². The Balaban J connectivity index is 2.35. The van der Waals surface area contributed by atoms with E-state index in [9.17, 15) is 4.79 Å². The highest BCUT2D eigenvalue weighted by Crippen LogP contribution is 2.21. The molecule has 0 atom stereocenters. The SMILES string of the molecule is C=COC(=O)c1cccc(-c2ccc(N)cc2)c1. The minimum Gasteiger partial charge on any atom is -0.432 e. The molecule has 0 aliphatic rings. The molecule has 0 heterocycles. The van der Waals surface area contributed by atoms with Crippen molar-refractivity contribution in [2.45, 2.75) is 0 Å². The number of hydrogen-bond acceptors (Lipinski definition) is 3. The van der Waals surface area contributed by atoms with Crippen molar-refractivity contribution in [2.24, 2.45) is 0 Å². The fraction of sp³-hybridized carbons (Fsp3) is 0. The Hall–Kier alpha value is -2.55. The van der Waals surface area contributed by atoms with Gasteiger partial charge in [0.05, 0.1) is 11.8 Å². The van der Waals surface area contributed by atoms with Crippen molar-refractivity contribution in [3.8, 4) is 11.1 Å². The van der Waals surface area contributed by atoms with Crippen LogP contribution >= 0.6 is 0 Å². The lowest BCUT2D eigenvalue weighted by Gasteiger charge is -2.04. The monoisotopic (exact) mass is 239 g/mol. The Morgan fingerprint density at radius 1 is 1.11 bits per heavy atom. The third-order valence-electron chi connectivity index (χ3n) is 2.53. The molecule has 0 aliphatic carbocycles. The van der Waals surface area contributed by atoms with E-state index < -0.39 is 5.97 Å². The van der Waals surface area contributed by atoms with Crippen LogP contribution in [0.25, 0.3) is 11.1 Å². The van der Waals surface area contributed by atoms with Crippen LogP contribution in [-0.2, 0) is 4.74 Å². The van der Waals surface area contributed by atoms with Gasteiger partial charge in [-0.15, -0.1) is 0 Å². The Bertz CT molecular complexity index is 573. The molecule has 2 aromatic carbocycles. The summed E-state index contributed by atoms with van der Waals surface area (Å²) in [6.45, 7) is 3.36. The predicted molar refractivity (Wildman–Crippen MR) is 71.9 cm³/mol. The molecule has 0 aliphatic heterocycles. The number of hydrogen-bond donors (Lipinski definition) is 1. The molecule has 0 unspecified atom stereocenters. The maximum atomic E-state index is 11.6. The Morgan fingerprint density at radius 2 is 1.83 bits per heavy atom. The fourth-order valence-corrected chi connectivity index (χ4v) is 1.65. The molecule has 3 nitrogen and oxygen atoms in total. The molecular formula is C15H13NO2. The summed E-state index contributed by atoms with van der Waals surface area (Å²) in [7, 11) is 0. The van der Waals surface area contributed by atoms with Crippen LogP contribution in [0.3, 0.4) is 0 Å². The molecular weight excluding hydrogens is 226 g/mol. The van der Waals surface area contributed by atoms with Crippen molar-refractivity contribution in [1.82, 2.24) is 0 Å². The highest BCUT2D eigenvalue weighted by molar-refractivity contribution is 5.91. The van der Waals surface area contributed by atoms with E-state index in [4.69, 9.17) is 10.5 Å². The molecule has 0 fully saturated rings. The Kier molecular flexibility index (Phi) is 3.44. The lowest BCUT2D eigenvalue weighted by Crippen LogP contribution is -2.00. The Labute approximate surface area is 106 Å². The molecule has 0 spiro atoms. The van der Waals surface area contributed by atoms with Gasteiger partial charge >= 0.3 is 5.97 Å². The molecule has 0 radical (unpaired) electrons. The lowest BCUT2D eigenvalue weighted by molar-refractivity contribution is 0.0664. The summed E-state index contributed by atoms with van der Waals surface area (Å²) in [4.78, 5) is 11.6. The van der Waals surface area contributed by atoms with E-state index in [0.717, 1.165) is 17.4 Å². The zero-order valence-corrected chi connectivity index (χ0v) is 9.80. The average Bonchev–Trinajstić information content (AvgIpc) is 2.40. The maximum Gasteiger partial charge on any atom is 0.342 e. The summed E-state index contributed by atoms with van der Waals surface area (Å²) >= 11 is 0. The summed E-state index contributed by atoms with van der Waals surface area (Å²) in [5.74, 6) is -0.415. The van der Waals surface area contributed by atoms with Crippen molar-refractivity contribution >= 4 is 11.7 Å². The first-order chi connectivity index (χ1) is 8.70. The van der Waals surface area contributed by atoms with Gasteiger partial charge in [0.15, 0.2) is 0 Å². The van der Waals surface area contributed by atoms with Crippen LogP contribution in [0, 0.1) is 0 Å². The van der Waals surface area contributed by atoms with Gasteiger partial charge < -0.3 is 10.5 Å². The maximum absolute atomic E-state index is 11.6. The molecule has 18 heavy (non-hydrogen) atoms. The molecule has 0 bridgehead atoms. The van der Waals surface area contributed by atoms with Gasteiger partial charge in [0.2, 0.25) is 0 Å². The van der Waals surface area contributed by atoms with E-state index in [-0.39, 0.29) is 0 Å².